The molecule has 1 aromatic carbocycles. The predicted molar refractivity (Wildman–Crippen MR) is 84.9 cm³/mol. The van der Waals surface area contributed by atoms with E-state index in [9.17, 15) is 12.8 Å². The van der Waals surface area contributed by atoms with E-state index in [1.807, 2.05) is 0 Å². The molecule has 7 heteroatoms. The number of halogens is 2. The van der Waals surface area contributed by atoms with Crippen molar-refractivity contribution in [1.29, 1.82) is 0 Å². The SMILES string of the molecule is CC1(C)CCCCC1NS(=O)(=O)c1cc(Br)c(F)cc1N. The van der Waals surface area contributed by atoms with Crippen molar-refractivity contribution in [2.24, 2.45) is 5.41 Å². The minimum atomic E-state index is -3.77. The maximum absolute atomic E-state index is 13.4. The molecule has 0 aromatic heterocycles. The van der Waals surface area contributed by atoms with Gasteiger partial charge in [-0.25, -0.2) is 17.5 Å². The van der Waals surface area contributed by atoms with Gasteiger partial charge in [0.15, 0.2) is 0 Å². The average molecular weight is 379 g/mol. The van der Waals surface area contributed by atoms with E-state index in [2.05, 4.69) is 34.5 Å². The molecule has 0 saturated heterocycles. The Morgan fingerprint density at radius 2 is 2.05 bits per heavy atom. The van der Waals surface area contributed by atoms with Crippen molar-refractivity contribution >= 4 is 31.6 Å². The zero-order chi connectivity index (χ0) is 15.8. The molecule has 0 radical (unpaired) electrons. The molecular weight excluding hydrogens is 359 g/mol. The molecule has 1 aliphatic rings. The zero-order valence-corrected chi connectivity index (χ0v) is 14.5. The van der Waals surface area contributed by atoms with Gasteiger partial charge in [-0.15, -0.1) is 0 Å². The summed E-state index contributed by atoms with van der Waals surface area (Å²) in [6.07, 6.45) is 3.88. The monoisotopic (exact) mass is 378 g/mol. The van der Waals surface area contributed by atoms with Gasteiger partial charge in [-0.1, -0.05) is 26.7 Å². The topological polar surface area (TPSA) is 72.2 Å². The summed E-state index contributed by atoms with van der Waals surface area (Å²) in [6, 6.07) is 2.09. The standard InChI is InChI=1S/C14H20BrFN2O2S/c1-14(2)6-4-3-5-13(14)18-21(19,20)12-7-9(15)10(16)8-11(12)17/h7-8,13,18H,3-6,17H2,1-2H3. The van der Waals surface area contributed by atoms with Gasteiger partial charge >= 0.3 is 0 Å². The molecular formula is C14H20BrFN2O2S. The number of hydrogen-bond acceptors (Lipinski definition) is 3. The third-order valence-corrected chi connectivity index (χ3v) is 6.28. The molecule has 21 heavy (non-hydrogen) atoms. The van der Waals surface area contributed by atoms with Crippen LogP contribution >= 0.6 is 15.9 Å². The number of sulfonamides is 1. The van der Waals surface area contributed by atoms with Gasteiger partial charge < -0.3 is 5.73 Å². The highest BCUT2D eigenvalue weighted by Gasteiger charge is 2.35. The Labute approximate surface area is 133 Å². The summed E-state index contributed by atoms with van der Waals surface area (Å²) in [7, 11) is -3.77. The third-order valence-electron chi connectivity index (χ3n) is 4.15. The second kappa shape index (κ2) is 5.85. The lowest BCUT2D eigenvalue weighted by Crippen LogP contribution is -2.46. The molecule has 1 atom stereocenters. The third kappa shape index (κ3) is 3.57. The largest absolute Gasteiger partial charge is 0.398 e. The first-order valence-electron chi connectivity index (χ1n) is 6.90. The number of nitrogens with one attached hydrogen (secondary N) is 1. The Balaban J connectivity index is 2.32. The van der Waals surface area contributed by atoms with Crippen molar-refractivity contribution < 1.29 is 12.8 Å². The quantitative estimate of drug-likeness (QED) is 0.791. The highest BCUT2D eigenvalue weighted by molar-refractivity contribution is 9.10. The highest BCUT2D eigenvalue weighted by atomic mass is 79.9. The van der Waals surface area contributed by atoms with Crippen LogP contribution in [0.3, 0.4) is 0 Å². The second-order valence-corrected chi connectivity index (χ2v) is 8.75. The summed E-state index contributed by atoms with van der Waals surface area (Å²) in [6.45, 7) is 4.12. The number of rotatable bonds is 3. The summed E-state index contributed by atoms with van der Waals surface area (Å²) < 4.78 is 41.3. The Morgan fingerprint density at radius 3 is 2.67 bits per heavy atom. The lowest BCUT2D eigenvalue weighted by atomic mass is 9.74. The van der Waals surface area contributed by atoms with Crippen molar-refractivity contribution in [3.05, 3.63) is 22.4 Å². The average Bonchev–Trinajstić information content (AvgIpc) is 2.36. The zero-order valence-electron chi connectivity index (χ0n) is 12.1. The van der Waals surface area contributed by atoms with E-state index in [-0.39, 0.29) is 26.5 Å². The van der Waals surface area contributed by atoms with E-state index in [0.29, 0.717) is 0 Å². The number of anilines is 1. The van der Waals surface area contributed by atoms with E-state index in [4.69, 9.17) is 5.73 Å². The van der Waals surface area contributed by atoms with Crippen molar-refractivity contribution in [3.8, 4) is 0 Å². The van der Waals surface area contributed by atoms with Crippen LogP contribution in [-0.4, -0.2) is 14.5 Å². The molecule has 1 saturated carbocycles. The van der Waals surface area contributed by atoms with E-state index in [1.54, 1.807) is 0 Å². The predicted octanol–water partition coefficient (Wildman–Crippen LogP) is 3.42. The highest BCUT2D eigenvalue weighted by Crippen LogP contribution is 2.36. The molecule has 1 fully saturated rings. The normalized spacial score (nSPS) is 22.2. The van der Waals surface area contributed by atoms with Gasteiger partial charge in [-0.3, -0.25) is 0 Å². The molecule has 1 aromatic rings. The number of nitrogens with two attached hydrogens (primary N) is 1. The maximum Gasteiger partial charge on any atom is 0.242 e. The lowest BCUT2D eigenvalue weighted by Gasteiger charge is -2.38. The summed E-state index contributed by atoms with van der Waals surface area (Å²) in [5.41, 5.74) is 5.48. The van der Waals surface area contributed by atoms with Crippen molar-refractivity contribution in [3.63, 3.8) is 0 Å². The fourth-order valence-electron chi connectivity index (χ4n) is 2.74. The molecule has 0 bridgehead atoms. The molecule has 0 aliphatic heterocycles. The van der Waals surface area contributed by atoms with Crippen molar-refractivity contribution in [1.82, 2.24) is 4.72 Å². The molecule has 0 heterocycles. The first-order chi connectivity index (χ1) is 9.63. The Hall–Kier alpha value is -0.660. The van der Waals surface area contributed by atoms with Gasteiger partial charge in [-0.05, 0) is 46.3 Å². The van der Waals surface area contributed by atoms with E-state index >= 15 is 0 Å². The van der Waals surface area contributed by atoms with Crippen molar-refractivity contribution in [2.75, 3.05) is 5.73 Å². The van der Waals surface area contributed by atoms with E-state index in [0.717, 1.165) is 31.7 Å². The Bertz CT molecular complexity index is 647. The first kappa shape index (κ1) is 16.7. The molecule has 4 nitrogen and oxygen atoms in total. The Kier molecular flexibility index (Phi) is 4.66. The second-order valence-electron chi connectivity index (χ2n) is 6.21. The van der Waals surface area contributed by atoms with Gasteiger partial charge in [-0.2, -0.15) is 0 Å². The number of hydrogen-bond donors (Lipinski definition) is 2. The molecule has 2 rings (SSSR count). The molecule has 1 unspecified atom stereocenters. The number of nitrogen functional groups attached to an aromatic ring is 1. The smallest absolute Gasteiger partial charge is 0.242 e. The van der Waals surface area contributed by atoms with Crippen LogP contribution in [0.2, 0.25) is 0 Å². The van der Waals surface area contributed by atoms with E-state index in [1.165, 1.54) is 6.07 Å². The number of benzene rings is 1. The maximum atomic E-state index is 13.4. The van der Waals surface area contributed by atoms with Crippen LogP contribution in [0, 0.1) is 11.2 Å². The van der Waals surface area contributed by atoms with Crippen LogP contribution in [0.15, 0.2) is 21.5 Å². The Morgan fingerprint density at radius 1 is 1.38 bits per heavy atom. The van der Waals surface area contributed by atoms with Crippen LogP contribution in [-0.2, 0) is 10.0 Å². The molecule has 0 amide bonds. The van der Waals surface area contributed by atoms with Gasteiger partial charge in [0.2, 0.25) is 10.0 Å². The van der Waals surface area contributed by atoms with Gasteiger partial charge in [0, 0.05) is 6.04 Å². The van der Waals surface area contributed by atoms with Crippen LogP contribution in [0.1, 0.15) is 39.5 Å². The van der Waals surface area contributed by atoms with Gasteiger partial charge in [0.05, 0.1) is 10.2 Å². The van der Waals surface area contributed by atoms with Gasteiger partial charge in [0.25, 0.3) is 0 Å². The summed E-state index contributed by atoms with van der Waals surface area (Å²) in [4.78, 5) is -0.0860. The van der Waals surface area contributed by atoms with E-state index < -0.39 is 15.8 Å². The molecule has 3 N–H and O–H groups in total. The van der Waals surface area contributed by atoms with Crippen molar-refractivity contribution in [2.45, 2.75) is 50.5 Å². The van der Waals surface area contributed by atoms with Crippen LogP contribution < -0.4 is 10.5 Å². The summed E-state index contributed by atoms with van der Waals surface area (Å²) in [5.74, 6) is -0.579. The van der Waals surface area contributed by atoms with Gasteiger partial charge in [0.1, 0.15) is 10.7 Å². The molecule has 1 aliphatic carbocycles. The van der Waals surface area contributed by atoms with Crippen LogP contribution in [0.4, 0.5) is 10.1 Å². The summed E-state index contributed by atoms with van der Waals surface area (Å²) >= 11 is 3.00. The fraction of sp³-hybridized carbons (Fsp3) is 0.571. The first-order valence-corrected chi connectivity index (χ1v) is 9.18. The summed E-state index contributed by atoms with van der Waals surface area (Å²) in [5, 5.41) is 0. The fourth-order valence-corrected chi connectivity index (χ4v) is 4.82. The van der Waals surface area contributed by atoms with Crippen LogP contribution in [0.5, 0.6) is 0 Å². The lowest BCUT2D eigenvalue weighted by molar-refractivity contribution is 0.188. The molecule has 118 valence electrons. The van der Waals surface area contributed by atoms with Crippen LogP contribution in [0.25, 0.3) is 0 Å². The minimum absolute atomic E-state index is 0.0833. The minimum Gasteiger partial charge on any atom is -0.398 e. The molecule has 0 spiro atoms.